The summed E-state index contributed by atoms with van der Waals surface area (Å²) in [6, 6.07) is 18.3. The molecule has 2 amide bonds. The first kappa shape index (κ1) is 29.3. The van der Waals surface area contributed by atoms with Gasteiger partial charge in [0, 0.05) is 13.1 Å². The molecule has 3 aromatic rings. The van der Waals surface area contributed by atoms with Crippen LogP contribution in [0, 0.1) is 0 Å². The molecule has 0 aliphatic carbocycles. The third kappa shape index (κ3) is 6.98. The molecule has 0 aliphatic heterocycles. The Hall–Kier alpha value is -3.27. The van der Waals surface area contributed by atoms with Gasteiger partial charge in [-0.15, -0.1) is 0 Å². The average Bonchev–Trinajstić information content (AvgIpc) is 2.92. The highest BCUT2D eigenvalue weighted by Gasteiger charge is 2.32. The number of carbonyl (C=O) groups excluding carboxylic acids is 2. The number of halogens is 2. The molecule has 1 atom stereocenters. The third-order valence-corrected chi connectivity index (χ3v) is 8.33. The summed E-state index contributed by atoms with van der Waals surface area (Å²) < 4.78 is 33.7. The van der Waals surface area contributed by atoms with Crippen LogP contribution in [-0.2, 0) is 26.2 Å². The molecular formula is C27H29Cl2N3O5S. The van der Waals surface area contributed by atoms with Crippen LogP contribution in [0.15, 0.2) is 77.7 Å². The van der Waals surface area contributed by atoms with Gasteiger partial charge in [-0.25, -0.2) is 8.42 Å². The summed E-state index contributed by atoms with van der Waals surface area (Å²) in [6.07, 6.45) is 0. The van der Waals surface area contributed by atoms with Crippen molar-refractivity contribution >= 4 is 50.7 Å². The Bertz CT molecular complexity index is 1390. The molecule has 0 fully saturated rings. The predicted molar refractivity (Wildman–Crippen MR) is 149 cm³/mol. The molecule has 3 rings (SSSR count). The fourth-order valence-corrected chi connectivity index (χ4v) is 5.48. The fourth-order valence-electron chi connectivity index (χ4n) is 3.76. The summed E-state index contributed by atoms with van der Waals surface area (Å²) in [5.74, 6) is -0.363. The molecule has 0 spiro atoms. The first-order valence-electron chi connectivity index (χ1n) is 11.8. The molecule has 38 heavy (non-hydrogen) atoms. The number of nitrogens with zero attached hydrogens (tertiary/aromatic N) is 2. The Morgan fingerprint density at radius 1 is 0.974 bits per heavy atom. The minimum Gasteiger partial charge on any atom is -0.497 e. The molecule has 0 aliphatic rings. The molecule has 3 aromatic carbocycles. The summed E-state index contributed by atoms with van der Waals surface area (Å²) in [6.45, 7) is 3.22. The van der Waals surface area contributed by atoms with Crippen molar-refractivity contribution in [1.82, 2.24) is 10.2 Å². The van der Waals surface area contributed by atoms with Gasteiger partial charge < -0.3 is 15.0 Å². The molecule has 1 N–H and O–H groups in total. The van der Waals surface area contributed by atoms with Gasteiger partial charge in [0.2, 0.25) is 11.8 Å². The summed E-state index contributed by atoms with van der Waals surface area (Å²) in [5.41, 5.74) is 0.865. The van der Waals surface area contributed by atoms with Crippen molar-refractivity contribution in [2.24, 2.45) is 0 Å². The summed E-state index contributed by atoms with van der Waals surface area (Å²) in [7, 11) is -2.66. The van der Waals surface area contributed by atoms with E-state index in [1.54, 1.807) is 56.3 Å². The van der Waals surface area contributed by atoms with E-state index in [2.05, 4.69) is 5.32 Å². The van der Waals surface area contributed by atoms with E-state index in [4.69, 9.17) is 27.9 Å². The Balaban J connectivity index is 2.05. The van der Waals surface area contributed by atoms with Gasteiger partial charge in [-0.2, -0.15) is 0 Å². The van der Waals surface area contributed by atoms with Crippen molar-refractivity contribution in [1.29, 1.82) is 0 Å². The number of hydrogen-bond donors (Lipinski definition) is 1. The van der Waals surface area contributed by atoms with Crippen molar-refractivity contribution in [3.05, 3.63) is 88.4 Å². The van der Waals surface area contributed by atoms with E-state index < -0.39 is 28.5 Å². The standard InChI is InChI=1S/C27H29Cl2N3O5S/c1-4-30-27(34)19(2)31(17-20-9-8-10-22(15-20)37-3)26(33)18-32(21-13-14-24(28)25(29)16-21)38(35,36)23-11-6-5-7-12-23/h5-16,19H,4,17-18H2,1-3H3,(H,30,34)/t19-/m1/s1. The molecule has 0 unspecified atom stereocenters. The maximum absolute atomic E-state index is 13.8. The Labute approximate surface area is 233 Å². The molecule has 8 nitrogen and oxygen atoms in total. The molecule has 0 saturated carbocycles. The van der Waals surface area contributed by atoms with E-state index in [9.17, 15) is 18.0 Å². The van der Waals surface area contributed by atoms with Crippen molar-refractivity contribution in [3.8, 4) is 5.75 Å². The van der Waals surface area contributed by atoms with E-state index in [1.807, 2.05) is 0 Å². The third-order valence-electron chi connectivity index (χ3n) is 5.81. The largest absolute Gasteiger partial charge is 0.497 e. The van der Waals surface area contributed by atoms with Gasteiger partial charge in [0.05, 0.1) is 27.7 Å². The first-order chi connectivity index (χ1) is 18.1. The maximum atomic E-state index is 13.8. The van der Waals surface area contributed by atoms with Crippen molar-refractivity contribution < 1.29 is 22.7 Å². The van der Waals surface area contributed by atoms with Gasteiger partial charge in [0.1, 0.15) is 18.3 Å². The smallest absolute Gasteiger partial charge is 0.264 e. The Morgan fingerprint density at radius 2 is 1.68 bits per heavy atom. The zero-order valence-electron chi connectivity index (χ0n) is 21.2. The minimum atomic E-state index is -4.19. The minimum absolute atomic E-state index is 0.00464. The number of hydrogen-bond acceptors (Lipinski definition) is 5. The van der Waals surface area contributed by atoms with Gasteiger partial charge in [0.15, 0.2) is 0 Å². The van der Waals surface area contributed by atoms with Crippen LogP contribution in [0.5, 0.6) is 5.75 Å². The van der Waals surface area contributed by atoms with Gasteiger partial charge in [-0.3, -0.25) is 13.9 Å². The van der Waals surface area contributed by atoms with Crippen molar-refractivity contribution in [2.75, 3.05) is 24.5 Å². The van der Waals surface area contributed by atoms with Crippen LogP contribution in [-0.4, -0.2) is 51.4 Å². The SMILES string of the molecule is CCNC(=O)[C@@H](C)N(Cc1cccc(OC)c1)C(=O)CN(c1ccc(Cl)c(Cl)c1)S(=O)(=O)c1ccccc1. The molecule has 0 bridgehead atoms. The van der Waals surface area contributed by atoms with Crippen LogP contribution in [0.1, 0.15) is 19.4 Å². The second kappa shape index (κ2) is 13.0. The fraction of sp³-hybridized carbons (Fsp3) is 0.259. The number of benzene rings is 3. The topological polar surface area (TPSA) is 96.0 Å². The number of ether oxygens (including phenoxy) is 1. The molecule has 0 radical (unpaired) electrons. The van der Waals surface area contributed by atoms with E-state index in [1.165, 1.54) is 42.3 Å². The summed E-state index contributed by atoms with van der Waals surface area (Å²) in [5, 5.41) is 3.09. The second-order valence-corrected chi connectivity index (χ2v) is 11.0. The van der Waals surface area contributed by atoms with E-state index in [0.29, 0.717) is 17.9 Å². The quantitative estimate of drug-likeness (QED) is 0.354. The first-order valence-corrected chi connectivity index (χ1v) is 14.0. The van der Waals surface area contributed by atoms with Crippen LogP contribution in [0.3, 0.4) is 0 Å². The summed E-state index contributed by atoms with van der Waals surface area (Å²) in [4.78, 5) is 27.9. The number of sulfonamides is 1. The van der Waals surface area contributed by atoms with Gasteiger partial charge >= 0.3 is 0 Å². The van der Waals surface area contributed by atoms with Crippen LogP contribution in [0.4, 0.5) is 5.69 Å². The lowest BCUT2D eigenvalue weighted by atomic mass is 10.1. The molecule has 202 valence electrons. The Morgan fingerprint density at radius 3 is 2.32 bits per heavy atom. The van der Waals surface area contributed by atoms with Crippen LogP contribution < -0.4 is 14.4 Å². The summed E-state index contributed by atoms with van der Waals surface area (Å²) >= 11 is 12.3. The lowest BCUT2D eigenvalue weighted by Gasteiger charge is -2.32. The monoisotopic (exact) mass is 577 g/mol. The Kier molecular flexibility index (Phi) is 10.0. The van der Waals surface area contributed by atoms with Crippen molar-refractivity contribution in [2.45, 2.75) is 31.3 Å². The zero-order valence-corrected chi connectivity index (χ0v) is 23.6. The number of likely N-dealkylation sites (N-methyl/N-ethyl adjacent to an activating group) is 1. The highest BCUT2D eigenvalue weighted by atomic mass is 35.5. The number of carbonyl (C=O) groups is 2. The average molecular weight is 579 g/mol. The van der Waals surface area contributed by atoms with Gasteiger partial charge in [-0.05, 0) is 61.9 Å². The lowest BCUT2D eigenvalue weighted by molar-refractivity contribution is -0.139. The zero-order chi connectivity index (χ0) is 27.9. The maximum Gasteiger partial charge on any atom is 0.264 e. The molecular weight excluding hydrogens is 549 g/mol. The van der Waals surface area contributed by atoms with E-state index in [-0.39, 0.29) is 33.1 Å². The lowest BCUT2D eigenvalue weighted by Crippen LogP contribution is -2.51. The predicted octanol–water partition coefficient (Wildman–Crippen LogP) is 4.75. The number of anilines is 1. The molecule has 0 heterocycles. The highest BCUT2D eigenvalue weighted by molar-refractivity contribution is 7.92. The molecule has 0 aromatic heterocycles. The number of methoxy groups -OCH3 is 1. The second-order valence-electron chi connectivity index (χ2n) is 8.37. The van der Waals surface area contributed by atoms with E-state index >= 15 is 0 Å². The number of rotatable bonds is 11. The van der Waals surface area contributed by atoms with Crippen LogP contribution in [0.2, 0.25) is 10.0 Å². The highest BCUT2D eigenvalue weighted by Crippen LogP contribution is 2.31. The van der Waals surface area contributed by atoms with Crippen LogP contribution >= 0.6 is 23.2 Å². The van der Waals surface area contributed by atoms with Crippen LogP contribution in [0.25, 0.3) is 0 Å². The van der Waals surface area contributed by atoms with Gasteiger partial charge in [-0.1, -0.05) is 53.5 Å². The van der Waals surface area contributed by atoms with E-state index in [0.717, 1.165) is 4.31 Å². The molecule has 0 saturated heterocycles. The van der Waals surface area contributed by atoms with Crippen molar-refractivity contribution in [3.63, 3.8) is 0 Å². The number of amides is 2. The number of nitrogens with one attached hydrogen (secondary N) is 1. The normalized spacial score (nSPS) is 11.9. The van der Waals surface area contributed by atoms with Gasteiger partial charge in [0.25, 0.3) is 10.0 Å². The molecule has 11 heteroatoms.